The molecule has 74 valence electrons. The number of hydrogen-bond acceptors (Lipinski definition) is 1. The van der Waals surface area contributed by atoms with E-state index in [-0.39, 0.29) is 0 Å². The molecule has 2 aromatic rings. The molecule has 5 heteroatoms. The largest absolute Gasteiger partial charge is 0.406 e. The molecule has 0 aromatic carbocycles. The molecule has 14 heavy (non-hydrogen) atoms. The molecule has 0 radical (unpaired) electrons. The average molecular weight is 200 g/mol. The third-order valence-electron chi connectivity index (χ3n) is 1.87. The summed E-state index contributed by atoms with van der Waals surface area (Å²) in [4.78, 5) is 3.89. The van der Waals surface area contributed by atoms with Crippen molar-refractivity contribution in [1.82, 2.24) is 9.55 Å². The van der Waals surface area contributed by atoms with Crippen LogP contribution in [-0.2, 0) is 6.54 Å². The summed E-state index contributed by atoms with van der Waals surface area (Å²) in [6.07, 6.45) is -1.33. The molecule has 0 amide bonds. The van der Waals surface area contributed by atoms with Gasteiger partial charge in [-0.05, 0) is 18.2 Å². The van der Waals surface area contributed by atoms with E-state index in [1.807, 2.05) is 0 Å². The number of aromatic nitrogens is 2. The number of pyridine rings is 1. The maximum Gasteiger partial charge on any atom is 0.406 e. The van der Waals surface area contributed by atoms with E-state index in [0.29, 0.717) is 5.65 Å². The van der Waals surface area contributed by atoms with Crippen molar-refractivity contribution in [2.24, 2.45) is 0 Å². The zero-order valence-corrected chi connectivity index (χ0v) is 7.12. The number of nitrogens with zero attached hydrogens (tertiary/aromatic N) is 2. The number of fused-ring (bicyclic) bond motifs is 1. The van der Waals surface area contributed by atoms with E-state index in [9.17, 15) is 13.2 Å². The highest BCUT2D eigenvalue weighted by Gasteiger charge is 2.28. The van der Waals surface area contributed by atoms with Crippen LogP contribution in [0, 0.1) is 0 Å². The van der Waals surface area contributed by atoms with Gasteiger partial charge in [-0.3, -0.25) is 0 Å². The van der Waals surface area contributed by atoms with Gasteiger partial charge < -0.3 is 4.57 Å². The molecule has 0 aliphatic carbocycles. The van der Waals surface area contributed by atoms with Gasteiger partial charge in [0.1, 0.15) is 12.2 Å². The fraction of sp³-hybridized carbons (Fsp3) is 0.222. The minimum Gasteiger partial charge on any atom is -0.323 e. The van der Waals surface area contributed by atoms with E-state index in [2.05, 4.69) is 4.98 Å². The molecule has 0 saturated carbocycles. The lowest BCUT2D eigenvalue weighted by Crippen LogP contribution is -2.17. The molecule has 0 unspecified atom stereocenters. The Hall–Kier alpha value is -1.52. The minimum atomic E-state index is -4.20. The number of alkyl halides is 3. The van der Waals surface area contributed by atoms with Crippen molar-refractivity contribution < 1.29 is 13.2 Å². The van der Waals surface area contributed by atoms with Gasteiger partial charge in [0.15, 0.2) is 0 Å². The van der Waals surface area contributed by atoms with Crippen molar-refractivity contribution in [3.63, 3.8) is 0 Å². The van der Waals surface area contributed by atoms with Crippen LogP contribution in [0.25, 0.3) is 11.0 Å². The Labute approximate surface area is 78.0 Å². The topological polar surface area (TPSA) is 17.8 Å². The lowest BCUT2D eigenvalue weighted by Gasteiger charge is -2.07. The molecular formula is C9H7F3N2. The highest BCUT2D eigenvalue weighted by atomic mass is 19.4. The van der Waals surface area contributed by atoms with Gasteiger partial charge in [0.05, 0.1) is 0 Å². The molecule has 0 aliphatic heterocycles. The predicted octanol–water partition coefficient (Wildman–Crippen LogP) is 2.60. The second-order valence-corrected chi connectivity index (χ2v) is 2.98. The lowest BCUT2D eigenvalue weighted by atomic mass is 10.3. The van der Waals surface area contributed by atoms with Crippen LogP contribution in [0.15, 0.2) is 30.6 Å². The Bertz CT molecular complexity index is 444. The molecule has 2 nitrogen and oxygen atoms in total. The molecule has 0 aliphatic rings. The van der Waals surface area contributed by atoms with Crippen LogP contribution in [0.4, 0.5) is 13.2 Å². The van der Waals surface area contributed by atoms with Gasteiger partial charge in [-0.2, -0.15) is 13.2 Å². The summed E-state index contributed by atoms with van der Waals surface area (Å²) in [6, 6.07) is 5.05. The van der Waals surface area contributed by atoms with Gasteiger partial charge in [-0.15, -0.1) is 0 Å². The number of hydrogen-bond donors (Lipinski definition) is 0. The first-order valence-corrected chi connectivity index (χ1v) is 4.03. The average Bonchev–Trinajstić information content (AvgIpc) is 2.47. The van der Waals surface area contributed by atoms with Crippen molar-refractivity contribution in [1.29, 1.82) is 0 Å². The molecule has 0 bridgehead atoms. The summed E-state index contributed by atoms with van der Waals surface area (Å²) in [5, 5.41) is 0.719. The molecule has 2 aromatic heterocycles. The van der Waals surface area contributed by atoms with Gasteiger partial charge in [0.25, 0.3) is 0 Å². The predicted molar refractivity (Wildman–Crippen MR) is 45.8 cm³/mol. The Morgan fingerprint density at radius 2 is 2.07 bits per heavy atom. The Morgan fingerprint density at radius 1 is 1.29 bits per heavy atom. The zero-order chi connectivity index (χ0) is 10.2. The van der Waals surface area contributed by atoms with Gasteiger partial charge in [0, 0.05) is 17.8 Å². The van der Waals surface area contributed by atoms with Crippen LogP contribution >= 0.6 is 0 Å². The maximum atomic E-state index is 12.1. The fourth-order valence-electron chi connectivity index (χ4n) is 1.34. The Balaban J connectivity index is 2.44. The lowest BCUT2D eigenvalue weighted by molar-refractivity contribution is -0.139. The number of rotatable bonds is 1. The minimum absolute atomic E-state index is 0.366. The van der Waals surface area contributed by atoms with Crippen LogP contribution in [0.2, 0.25) is 0 Å². The molecule has 0 atom stereocenters. The molecule has 0 saturated heterocycles. The Kier molecular flexibility index (Phi) is 1.94. The first-order valence-electron chi connectivity index (χ1n) is 4.03. The van der Waals surface area contributed by atoms with Crippen molar-refractivity contribution in [3.8, 4) is 0 Å². The molecule has 0 N–H and O–H groups in total. The summed E-state index contributed by atoms with van der Waals surface area (Å²) < 4.78 is 37.4. The van der Waals surface area contributed by atoms with E-state index >= 15 is 0 Å². The molecule has 2 rings (SSSR count). The number of halogens is 3. The van der Waals surface area contributed by atoms with Gasteiger partial charge in [-0.25, -0.2) is 4.98 Å². The summed E-state index contributed by atoms with van der Waals surface area (Å²) >= 11 is 0. The zero-order valence-electron chi connectivity index (χ0n) is 7.12. The maximum absolute atomic E-state index is 12.1. The molecule has 2 heterocycles. The third-order valence-corrected chi connectivity index (χ3v) is 1.87. The third kappa shape index (κ3) is 1.71. The summed E-state index contributed by atoms with van der Waals surface area (Å²) in [5.41, 5.74) is 0.366. The first kappa shape index (κ1) is 9.05. The van der Waals surface area contributed by atoms with E-state index in [4.69, 9.17) is 0 Å². The summed E-state index contributed by atoms with van der Waals surface area (Å²) in [5.74, 6) is 0. The second kappa shape index (κ2) is 3.01. The van der Waals surface area contributed by atoms with Crippen LogP contribution in [0.5, 0.6) is 0 Å². The normalized spacial score (nSPS) is 12.2. The Morgan fingerprint density at radius 3 is 2.79 bits per heavy atom. The van der Waals surface area contributed by atoms with Crippen molar-refractivity contribution in [3.05, 3.63) is 30.6 Å². The van der Waals surface area contributed by atoms with E-state index < -0.39 is 12.7 Å². The van der Waals surface area contributed by atoms with Crippen molar-refractivity contribution >= 4 is 11.0 Å². The summed E-state index contributed by atoms with van der Waals surface area (Å²) in [7, 11) is 0. The van der Waals surface area contributed by atoms with Crippen LogP contribution in [0.3, 0.4) is 0 Å². The molecular weight excluding hydrogens is 193 g/mol. The second-order valence-electron chi connectivity index (χ2n) is 2.98. The summed E-state index contributed by atoms with van der Waals surface area (Å²) in [6.45, 7) is -0.993. The first-order chi connectivity index (χ1) is 6.56. The molecule has 0 spiro atoms. The van der Waals surface area contributed by atoms with Crippen LogP contribution < -0.4 is 0 Å². The fourth-order valence-corrected chi connectivity index (χ4v) is 1.34. The highest BCUT2D eigenvalue weighted by molar-refractivity contribution is 5.75. The van der Waals surface area contributed by atoms with Gasteiger partial charge in [0.2, 0.25) is 0 Å². The standard InChI is InChI=1S/C9H7F3N2/c10-9(11,12)6-14-5-3-7-2-1-4-13-8(7)14/h1-5H,6H2. The smallest absolute Gasteiger partial charge is 0.323 e. The van der Waals surface area contributed by atoms with Crippen molar-refractivity contribution in [2.75, 3.05) is 0 Å². The van der Waals surface area contributed by atoms with E-state index in [1.54, 1.807) is 18.2 Å². The highest BCUT2D eigenvalue weighted by Crippen LogP contribution is 2.21. The van der Waals surface area contributed by atoms with E-state index in [1.165, 1.54) is 12.4 Å². The monoisotopic (exact) mass is 200 g/mol. The molecule has 0 fully saturated rings. The van der Waals surface area contributed by atoms with Crippen molar-refractivity contribution in [2.45, 2.75) is 12.7 Å². The van der Waals surface area contributed by atoms with E-state index in [0.717, 1.165) is 9.95 Å². The van der Waals surface area contributed by atoms with Gasteiger partial charge >= 0.3 is 6.18 Å². The quantitative estimate of drug-likeness (QED) is 0.691. The van der Waals surface area contributed by atoms with Gasteiger partial charge in [-0.1, -0.05) is 0 Å². The van der Waals surface area contributed by atoms with Crippen LogP contribution in [0.1, 0.15) is 0 Å². The SMILES string of the molecule is FC(F)(F)Cn1ccc2cccnc21. The van der Waals surface area contributed by atoms with Crippen LogP contribution in [-0.4, -0.2) is 15.7 Å².